The van der Waals surface area contributed by atoms with E-state index in [4.69, 9.17) is 5.73 Å². The van der Waals surface area contributed by atoms with Crippen molar-refractivity contribution in [3.05, 3.63) is 12.3 Å². The predicted molar refractivity (Wildman–Crippen MR) is 65.9 cm³/mol. The number of aryl methyl sites for hydroxylation is 1. The number of hydrogen-bond donors (Lipinski definition) is 1. The van der Waals surface area contributed by atoms with Crippen LogP contribution in [0.2, 0.25) is 0 Å². The smallest absolute Gasteiger partial charge is 0.260 e. The van der Waals surface area contributed by atoms with Crippen LogP contribution in [-0.2, 0) is 17.1 Å². The zero-order chi connectivity index (χ0) is 13.1. The highest BCUT2D eigenvalue weighted by Gasteiger charge is 2.26. The summed E-state index contributed by atoms with van der Waals surface area (Å²) in [6.45, 7) is 5.08. The molecule has 1 atom stereocenters. The van der Waals surface area contributed by atoms with Gasteiger partial charge in [0.05, 0.1) is 6.20 Å². The SMILES string of the molecule is CCN(CC(C)CN)S(=O)(=O)c1ccnn1C. The van der Waals surface area contributed by atoms with E-state index >= 15 is 0 Å². The second-order valence-corrected chi connectivity index (χ2v) is 5.97. The van der Waals surface area contributed by atoms with E-state index < -0.39 is 10.0 Å². The van der Waals surface area contributed by atoms with Gasteiger partial charge in [0.25, 0.3) is 10.0 Å². The van der Waals surface area contributed by atoms with Gasteiger partial charge in [-0.05, 0) is 18.5 Å². The van der Waals surface area contributed by atoms with Crippen molar-refractivity contribution >= 4 is 10.0 Å². The molecule has 1 rings (SSSR count). The second-order valence-electron chi connectivity index (χ2n) is 4.09. The van der Waals surface area contributed by atoms with Gasteiger partial charge in [-0.2, -0.15) is 9.40 Å². The number of rotatable bonds is 6. The van der Waals surface area contributed by atoms with E-state index in [-0.39, 0.29) is 10.9 Å². The topological polar surface area (TPSA) is 81.2 Å². The van der Waals surface area contributed by atoms with Crippen LogP contribution in [0.15, 0.2) is 17.3 Å². The molecule has 0 radical (unpaired) electrons. The molecule has 0 aliphatic carbocycles. The molecule has 0 spiro atoms. The predicted octanol–water partition coefficient (Wildman–Crippen LogP) is 0.0255. The Labute approximate surface area is 102 Å². The van der Waals surface area contributed by atoms with Crippen molar-refractivity contribution in [2.45, 2.75) is 18.9 Å². The molecule has 0 aliphatic rings. The van der Waals surface area contributed by atoms with Gasteiger partial charge >= 0.3 is 0 Å². The fourth-order valence-electron chi connectivity index (χ4n) is 1.57. The molecule has 0 saturated heterocycles. The number of hydrogen-bond acceptors (Lipinski definition) is 4. The number of aromatic nitrogens is 2. The Hall–Kier alpha value is -0.920. The van der Waals surface area contributed by atoms with Crippen LogP contribution in [0.3, 0.4) is 0 Å². The zero-order valence-electron chi connectivity index (χ0n) is 10.5. The fraction of sp³-hybridized carbons (Fsp3) is 0.700. The maximum Gasteiger partial charge on any atom is 0.260 e. The van der Waals surface area contributed by atoms with E-state index in [9.17, 15) is 8.42 Å². The molecule has 17 heavy (non-hydrogen) atoms. The van der Waals surface area contributed by atoms with Gasteiger partial charge in [0, 0.05) is 20.1 Å². The molecule has 0 saturated carbocycles. The third-order valence-corrected chi connectivity index (χ3v) is 4.67. The van der Waals surface area contributed by atoms with Crippen molar-refractivity contribution in [3.63, 3.8) is 0 Å². The van der Waals surface area contributed by atoms with Crippen molar-refractivity contribution in [2.24, 2.45) is 18.7 Å². The molecule has 1 unspecified atom stereocenters. The molecule has 0 bridgehead atoms. The lowest BCUT2D eigenvalue weighted by atomic mass is 10.2. The van der Waals surface area contributed by atoms with Crippen molar-refractivity contribution in [1.29, 1.82) is 0 Å². The van der Waals surface area contributed by atoms with Crippen LogP contribution in [0.5, 0.6) is 0 Å². The summed E-state index contributed by atoms with van der Waals surface area (Å²) < 4.78 is 27.4. The summed E-state index contributed by atoms with van der Waals surface area (Å²) in [5, 5.41) is 4.10. The number of sulfonamides is 1. The highest BCUT2D eigenvalue weighted by atomic mass is 32.2. The lowest BCUT2D eigenvalue weighted by Gasteiger charge is -2.23. The van der Waals surface area contributed by atoms with E-state index in [1.807, 2.05) is 13.8 Å². The minimum Gasteiger partial charge on any atom is -0.330 e. The summed E-state index contributed by atoms with van der Waals surface area (Å²) in [5.41, 5.74) is 5.53. The third kappa shape index (κ3) is 3.05. The molecule has 2 N–H and O–H groups in total. The van der Waals surface area contributed by atoms with E-state index in [1.165, 1.54) is 21.3 Å². The standard InChI is InChI=1S/C10H20N4O2S/c1-4-14(8-9(2)7-11)17(15,16)10-5-6-12-13(10)3/h5-6,9H,4,7-8,11H2,1-3H3. The van der Waals surface area contributed by atoms with Gasteiger partial charge in [-0.25, -0.2) is 8.42 Å². The zero-order valence-corrected chi connectivity index (χ0v) is 11.3. The van der Waals surface area contributed by atoms with Crippen LogP contribution in [0.1, 0.15) is 13.8 Å². The molecule has 1 aromatic rings. The molecule has 6 nitrogen and oxygen atoms in total. The number of nitrogens with two attached hydrogens (primary N) is 1. The Balaban J connectivity index is 2.99. The first-order chi connectivity index (χ1) is 7.93. The Morgan fingerprint density at radius 1 is 1.59 bits per heavy atom. The first-order valence-electron chi connectivity index (χ1n) is 5.61. The van der Waals surface area contributed by atoms with E-state index in [0.29, 0.717) is 19.6 Å². The molecule has 1 aromatic heterocycles. The van der Waals surface area contributed by atoms with E-state index in [1.54, 1.807) is 7.05 Å². The van der Waals surface area contributed by atoms with Crippen molar-refractivity contribution < 1.29 is 8.42 Å². The Morgan fingerprint density at radius 3 is 2.65 bits per heavy atom. The molecule has 7 heteroatoms. The molecule has 0 aromatic carbocycles. The van der Waals surface area contributed by atoms with Crippen LogP contribution in [0, 0.1) is 5.92 Å². The highest BCUT2D eigenvalue weighted by Crippen LogP contribution is 2.15. The maximum atomic E-state index is 12.3. The van der Waals surface area contributed by atoms with Crippen LogP contribution < -0.4 is 5.73 Å². The highest BCUT2D eigenvalue weighted by molar-refractivity contribution is 7.89. The Bertz CT molecular complexity index is 455. The lowest BCUT2D eigenvalue weighted by Crippen LogP contribution is -2.37. The number of nitrogens with zero attached hydrogens (tertiary/aromatic N) is 3. The second kappa shape index (κ2) is 5.61. The van der Waals surface area contributed by atoms with Crippen LogP contribution in [-0.4, -0.2) is 42.1 Å². The molecule has 1 heterocycles. The first kappa shape index (κ1) is 14.1. The summed E-state index contributed by atoms with van der Waals surface area (Å²) in [7, 11) is -1.85. The summed E-state index contributed by atoms with van der Waals surface area (Å²) in [4.78, 5) is 0. The molecular weight excluding hydrogens is 240 g/mol. The van der Waals surface area contributed by atoms with Crippen LogP contribution >= 0.6 is 0 Å². The van der Waals surface area contributed by atoms with Gasteiger partial charge in [-0.15, -0.1) is 0 Å². The molecule has 0 aliphatic heterocycles. The van der Waals surface area contributed by atoms with Gasteiger partial charge in [0.1, 0.15) is 0 Å². The van der Waals surface area contributed by atoms with E-state index in [2.05, 4.69) is 5.10 Å². The fourth-order valence-corrected chi connectivity index (χ4v) is 3.24. The molecule has 0 fully saturated rings. The molecule has 0 amide bonds. The van der Waals surface area contributed by atoms with Crippen LogP contribution in [0.4, 0.5) is 0 Å². The lowest BCUT2D eigenvalue weighted by molar-refractivity contribution is 0.367. The summed E-state index contributed by atoms with van der Waals surface area (Å²) in [6.07, 6.45) is 1.48. The minimum absolute atomic E-state index is 0.137. The normalized spacial score (nSPS) is 14.2. The van der Waals surface area contributed by atoms with Gasteiger partial charge in [-0.1, -0.05) is 13.8 Å². The Kier molecular flexibility index (Phi) is 4.67. The maximum absolute atomic E-state index is 12.3. The first-order valence-corrected chi connectivity index (χ1v) is 7.05. The van der Waals surface area contributed by atoms with Gasteiger partial charge < -0.3 is 5.73 Å². The molecular formula is C10H20N4O2S. The Morgan fingerprint density at radius 2 is 2.24 bits per heavy atom. The molecule has 98 valence electrons. The summed E-state index contributed by atoms with van der Waals surface area (Å²) in [5.74, 6) is 0.137. The van der Waals surface area contributed by atoms with Crippen molar-refractivity contribution in [2.75, 3.05) is 19.6 Å². The van der Waals surface area contributed by atoms with Crippen LogP contribution in [0.25, 0.3) is 0 Å². The largest absolute Gasteiger partial charge is 0.330 e. The monoisotopic (exact) mass is 260 g/mol. The third-order valence-electron chi connectivity index (χ3n) is 2.65. The van der Waals surface area contributed by atoms with Crippen molar-refractivity contribution in [1.82, 2.24) is 14.1 Å². The summed E-state index contributed by atoms with van der Waals surface area (Å²) in [6, 6.07) is 1.51. The van der Waals surface area contributed by atoms with Gasteiger partial charge in [0.2, 0.25) is 0 Å². The van der Waals surface area contributed by atoms with E-state index in [0.717, 1.165) is 0 Å². The van der Waals surface area contributed by atoms with Crippen molar-refractivity contribution in [3.8, 4) is 0 Å². The van der Waals surface area contributed by atoms with Gasteiger partial charge in [-0.3, -0.25) is 4.68 Å². The quantitative estimate of drug-likeness (QED) is 0.782. The average Bonchev–Trinajstić information content (AvgIpc) is 2.72. The van der Waals surface area contributed by atoms with Gasteiger partial charge in [0.15, 0.2) is 5.03 Å². The average molecular weight is 260 g/mol. The minimum atomic E-state index is -3.47. The summed E-state index contributed by atoms with van der Waals surface area (Å²) >= 11 is 0.